The number of rotatable bonds is 4. The molecular formula is C17H18N4O3. The second kappa shape index (κ2) is 6.27. The van der Waals surface area contributed by atoms with Crippen LogP contribution in [0.5, 0.6) is 0 Å². The Labute approximate surface area is 139 Å². The second-order valence-corrected chi connectivity index (χ2v) is 5.48. The van der Waals surface area contributed by atoms with Crippen molar-refractivity contribution in [2.45, 2.75) is 20.8 Å². The summed E-state index contributed by atoms with van der Waals surface area (Å²) in [5.41, 5.74) is 3.53. The highest BCUT2D eigenvalue weighted by molar-refractivity contribution is 6.05. The van der Waals surface area contributed by atoms with Crippen LogP contribution in [-0.4, -0.2) is 34.7 Å². The Kier molecular flexibility index (Phi) is 4.16. The van der Waals surface area contributed by atoms with Crippen molar-refractivity contribution in [1.82, 2.24) is 15.1 Å². The van der Waals surface area contributed by atoms with Crippen LogP contribution in [0.25, 0.3) is 11.1 Å². The van der Waals surface area contributed by atoms with Crippen molar-refractivity contribution < 1.29 is 14.1 Å². The number of benzene rings is 1. The third-order valence-corrected chi connectivity index (χ3v) is 3.77. The lowest BCUT2D eigenvalue weighted by Crippen LogP contribution is -2.15. The third kappa shape index (κ3) is 2.68. The van der Waals surface area contributed by atoms with Gasteiger partial charge in [-0.25, -0.2) is 9.78 Å². The van der Waals surface area contributed by atoms with Crippen LogP contribution >= 0.6 is 0 Å². The second-order valence-electron chi connectivity index (χ2n) is 5.48. The van der Waals surface area contributed by atoms with E-state index in [2.05, 4.69) is 21.2 Å². The van der Waals surface area contributed by atoms with Gasteiger partial charge in [-0.05, 0) is 38.0 Å². The molecule has 7 heteroatoms. The van der Waals surface area contributed by atoms with Gasteiger partial charge in [0.1, 0.15) is 17.5 Å². The van der Waals surface area contributed by atoms with Gasteiger partial charge in [0.15, 0.2) is 0 Å². The summed E-state index contributed by atoms with van der Waals surface area (Å²) >= 11 is 0. The van der Waals surface area contributed by atoms with Crippen molar-refractivity contribution >= 4 is 28.6 Å². The molecule has 0 radical (unpaired) electrons. The topological polar surface area (TPSA) is 81.3 Å². The summed E-state index contributed by atoms with van der Waals surface area (Å²) in [7, 11) is 1.88. The zero-order valence-electron chi connectivity index (χ0n) is 14.0. The predicted octanol–water partition coefficient (Wildman–Crippen LogP) is 3.18. The fraction of sp³-hybridized carbons (Fsp3) is 0.294. The molecule has 0 saturated heterocycles. The smallest absolute Gasteiger partial charge is 0.361 e. The molecule has 0 unspecified atom stereocenters. The highest BCUT2D eigenvalue weighted by Crippen LogP contribution is 2.32. The molecule has 7 nitrogen and oxygen atoms in total. The van der Waals surface area contributed by atoms with E-state index in [1.807, 2.05) is 37.9 Å². The Balaban J connectivity index is 2.17. The molecule has 0 saturated carbocycles. The van der Waals surface area contributed by atoms with Crippen molar-refractivity contribution in [2.24, 2.45) is 0 Å². The molecule has 3 aromatic rings. The van der Waals surface area contributed by atoms with E-state index in [0.717, 1.165) is 16.8 Å². The minimum atomic E-state index is -0.554. The van der Waals surface area contributed by atoms with Gasteiger partial charge in [-0.1, -0.05) is 17.3 Å². The number of hydrogen-bond donors (Lipinski definition) is 0. The van der Waals surface area contributed by atoms with Gasteiger partial charge in [0.05, 0.1) is 6.61 Å². The van der Waals surface area contributed by atoms with Gasteiger partial charge < -0.3 is 14.2 Å². The Bertz CT molecular complexity index is 904. The van der Waals surface area contributed by atoms with Crippen molar-refractivity contribution in [3.63, 3.8) is 0 Å². The lowest BCUT2D eigenvalue weighted by molar-refractivity contribution is 0.0517. The molecule has 2 aromatic heterocycles. The number of aromatic nitrogens is 3. The van der Waals surface area contributed by atoms with E-state index in [9.17, 15) is 4.79 Å². The van der Waals surface area contributed by atoms with Crippen LogP contribution in [0.4, 0.5) is 11.5 Å². The number of esters is 1. The molecule has 2 heterocycles. The molecule has 0 bridgehead atoms. The molecule has 0 spiro atoms. The van der Waals surface area contributed by atoms with Crippen LogP contribution in [0.3, 0.4) is 0 Å². The van der Waals surface area contributed by atoms with E-state index in [0.29, 0.717) is 11.2 Å². The third-order valence-electron chi connectivity index (χ3n) is 3.77. The molecular weight excluding hydrogens is 308 g/mol. The summed E-state index contributed by atoms with van der Waals surface area (Å²) in [6.07, 6.45) is 1.39. The van der Waals surface area contributed by atoms with Gasteiger partial charge >= 0.3 is 5.97 Å². The van der Waals surface area contributed by atoms with E-state index in [-0.39, 0.29) is 18.0 Å². The molecule has 0 aliphatic heterocycles. The van der Waals surface area contributed by atoms with Gasteiger partial charge in [-0.2, -0.15) is 4.98 Å². The van der Waals surface area contributed by atoms with E-state index < -0.39 is 5.97 Å². The van der Waals surface area contributed by atoms with Gasteiger partial charge in [0.2, 0.25) is 5.69 Å². The number of carbonyl (C=O) groups is 1. The quantitative estimate of drug-likeness (QED) is 0.681. The van der Waals surface area contributed by atoms with Crippen LogP contribution in [0.15, 0.2) is 29.0 Å². The summed E-state index contributed by atoms with van der Waals surface area (Å²) in [4.78, 5) is 22.4. The average Bonchev–Trinajstić information content (AvgIpc) is 3.01. The van der Waals surface area contributed by atoms with Gasteiger partial charge in [0, 0.05) is 12.7 Å². The van der Waals surface area contributed by atoms with Crippen molar-refractivity contribution in [2.75, 3.05) is 18.6 Å². The highest BCUT2D eigenvalue weighted by atomic mass is 16.5. The first kappa shape index (κ1) is 15.9. The van der Waals surface area contributed by atoms with Gasteiger partial charge in [-0.15, -0.1) is 0 Å². The monoisotopic (exact) mass is 326 g/mol. The molecule has 0 aliphatic rings. The van der Waals surface area contributed by atoms with E-state index in [1.165, 1.54) is 6.33 Å². The number of carbonyl (C=O) groups excluding carboxylic acids is 1. The molecule has 0 atom stereocenters. The van der Waals surface area contributed by atoms with E-state index in [4.69, 9.17) is 9.26 Å². The minimum absolute atomic E-state index is 0.0830. The Morgan fingerprint density at radius 2 is 2.08 bits per heavy atom. The number of nitrogens with zero attached hydrogens (tertiary/aromatic N) is 4. The number of hydrogen-bond acceptors (Lipinski definition) is 7. The summed E-state index contributed by atoms with van der Waals surface area (Å²) < 4.78 is 10.2. The molecule has 124 valence electrons. The molecule has 0 aliphatic carbocycles. The first-order valence-electron chi connectivity index (χ1n) is 7.61. The molecule has 0 N–H and O–H groups in total. The number of fused-ring (bicyclic) bond motifs is 1. The van der Waals surface area contributed by atoms with Crippen LogP contribution in [0, 0.1) is 13.8 Å². The molecule has 0 fully saturated rings. The largest absolute Gasteiger partial charge is 0.461 e. The van der Waals surface area contributed by atoms with E-state index in [1.54, 1.807) is 6.92 Å². The lowest BCUT2D eigenvalue weighted by Gasteiger charge is -2.21. The molecule has 3 rings (SSSR count). The molecule has 24 heavy (non-hydrogen) atoms. The van der Waals surface area contributed by atoms with Crippen LogP contribution in [-0.2, 0) is 4.74 Å². The predicted molar refractivity (Wildman–Crippen MR) is 89.5 cm³/mol. The SMILES string of the molecule is CCOC(=O)c1noc2ncnc(N(C)c3cc(C)ccc3C)c12. The fourth-order valence-electron chi connectivity index (χ4n) is 2.56. The van der Waals surface area contributed by atoms with Crippen molar-refractivity contribution in [1.29, 1.82) is 0 Å². The lowest BCUT2D eigenvalue weighted by atomic mass is 10.1. The maximum Gasteiger partial charge on any atom is 0.361 e. The number of ether oxygens (including phenoxy) is 1. The van der Waals surface area contributed by atoms with Crippen LogP contribution < -0.4 is 4.90 Å². The normalized spacial score (nSPS) is 10.8. The number of anilines is 2. The Morgan fingerprint density at radius 1 is 1.29 bits per heavy atom. The maximum absolute atomic E-state index is 12.1. The standard InChI is InChI=1S/C17H18N4O3/c1-5-23-17(22)14-13-15(18-9-19-16(13)24-20-14)21(4)12-8-10(2)6-7-11(12)3/h6-9H,5H2,1-4H3. The average molecular weight is 326 g/mol. The zero-order valence-corrected chi connectivity index (χ0v) is 14.0. The van der Waals surface area contributed by atoms with E-state index >= 15 is 0 Å². The van der Waals surface area contributed by atoms with Gasteiger partial charge in [-0.3, -0.25) is 0 Å². The Hall–Kier alpha value is -2.96. The highest BCUT2D eigenvalue weighted by Gasteiger charge is 2.24. The molecule has 1 aromatic carbocycles. The fourth-order valence-corrected chi connectivity index (χ4v) is 2.56. The van der Waals surface area contributed by atoms with Crippen molar-refractivity contribution in [3.8, 4) is 0 Å². The summed E-state index contributed by atoms with van der Waals surface area (Å²) in [5.74, 6) is -0.0142. The summed E-state index contributed by atoms with van der Waals surface area (Å²) in [5, 5.41) is 4.26. The Morgan fingerprint density at radius 3 is 2.83 bits per heavy atom. The van der Waals surface area contributed by atoms with Crippen LogP contribution in [0.2, 0.25) is 0 Å². The first-order valence-corrected chi connectivity index (χ1v) is 7.61. The summed E-state index contributed by atoms with van der Waals surface area (Å²) in [6, 6.07) is 6.14. The zero-order chi connectivity index (χ0) is 17.3. The van der Waals surface area contributed by atoms with Gasteiger partial charge in [0.25, 0.3) is 5.71 Å². The van der Waals surface area contributed by atoms with Crippen LogP contribution in [0.1, 0.15) is 28.5 Å². The number of aryl methyl sites for hydroxylation is 2. The maximum atomic E-state index is 12.1. The minimum Gasteiger partial charge on any atom is -0.461 e. The first-order chi connectivity index (χ1) is 11.5. The molecule has 0 amide bonds. The van der Waals surface area contributed by atoms with Crippen molar-refractivity contribution in [3.05, 3.63) is 41.3 Å². The summed E-state index contributed by atoms with van der Waals surface area (Å²) in [6.45, 7) is 6.03.